The quantitative estimate of drug-likeness (QED) is 0.872. The third-order valence-corrected chi connectivity index (χ3v) is 2.38. The van der Waals surface area contributed by atoms with Gasteiger partial charge < -0.3 is 10.5 Å². The Labute approximate surface area is 128 Å². The van der Waals surface area contributed by atoms with Crippen LogP contribution < -0.4 is 10.5 Å². The smallest absolute Gasteiger partial charge is 0.152 e. The molecule has 0 spiro atoms. The topological polar surface area (TPSA) is 47.6 Å². The Bertz CT molecular complexity index is 526. The van der Waals surface area contributed by atoms with Crippen molar-refractivity contribution in [2.45, 2.75) is 27.7 Å². The van der Waals surface area contributed by atoms with Crippen LogP contribution in [-0.4, -0.2) is 13.3 Å². The van der Waals surface area contributed by atoms with Crippen LogP contribution in [0.2, 0.25) is 0 Å². The standard InChI is InChI=1S/C15H15NO.C2H6.CH5N/c1-3-7-13-15(8-4-2)17-14-10-6-5-9-12(14)11-16-13;2*1-2/h3-11H,1-2H3;1-2H3;2H2,1H3/b7-3-,8-4-;;. The summed E-state index contributed by atoms with van der Waals surface area (Å²) in [6, 6.07) is 7.87. The van der Waals surface area contributed by atoms with Crippen LogP contribution in [0.15, 0.2) is 65.0 Å². The number of nitrogens with zero attached hydrogens (tertiary/aromatic N) is 1. The molecule has 0 fully saturated rings. The van der Waals surface area contributed by atoms with Crippen LogP contribution in [0.3, 0.4) is 0 Å². The first-order valence-electron chi connectivity index (χ1n) is 7.23. The van der Waals surface area contributed by atoms with Gasteiger partial charge in [-0.15, -0.1) is 0 Å². The maximum absolute atomic E-state index is 5.88. The van der Waals surface area contributed by atoms with Crippen LogP contribution in [0.5, 0.6) is 5.75 Å². The molecule has 0 aliphatic carbocycles. The summed E-state index contributed by atoms with van der Waals surface area (Å²) in [7, 11) is 1.50. The molecule has 0 bridgehead atoms. The van der Waals surface area contributed by atoms with E-state index in [1.165, 1.54) is 7.05 Å². The number of rotatable bonds is 2. The van der Waals surface area contributed by atoms with Gasteiger partial charge in [0, 0.05) is 11.8 Å². The summed E-state index contributed by atoms with van der Waals surface area (Å²) in [5, 5.41) is 0. The van der Waals surface area contributed by atoms with Crippen molar-refractivity contribution in [2.75, 3.05) is 7.05 Å². The van der Waals surface area contributed by atoms with Gasteiger partial charge in [-0.05, 0) is 45.2 Å². The molecule has 3 nitrogen and oxygen atoms in total. The average molecular weight is 286 g/mol. The molecule has 21 heavy (non-hydrogen) atoms. The van der Waals surface area contributed by atoms with E-state index in [0.29, 0.717) is 0 Å². The van der Waals surface area contributed by atoms with E-state index in [1.54, 1.807) is 0 Å². The summed E-state index contributed by atoms with van der Waals surface area (Å²) in [5.74, 6) is 1.61. The highest BCUT2D eigenvalue weighted by molar-refractivity contribution is 5.85. The van der Waals surface area contributed by atoms with Gasteiger partial charge in [0.2, 0.25) is 0 Å². The average Bonchev–Trinajstić information content (AvgIpc) is 2.72. The monoisotopic (exact) mass is 286 g/mol. The van der Waals surface area contributed by atoms with E-state index in [0.717, 1.165) is 22.8 Å². The number of fused-ring (bicyclic) bond motifs is 1. The maximum atomic E-state index is 5.88. The molecule has 0 amide bonds. The SMILES string of the molecule is CC.CN.C\C=C/C1=C(\C=C/C)Oc2ccccc2C=N1. The number of hydrogen-bond acceptors (Lipinski definition) is 3. The van der Waals surface area contributed by atoms with Gasteiger partial charge in [0.1, 0.15) is 11.4 Å². The molecule has 0 radical (unpaired) electrons. The molecule has 2 N–H and O–H groups in total. The molecule has 0 atom stereocenters. The second kappa shape index (κ2) is 11.7. The molecule has 1 aromatic carbocycles. The predicted octanol–water partition coefficient (Wildman–Crippen LogP) is 4.46. The summed E-state index contributed by atoms with van der Waals surface area (Å²) in [4.78, 5) is 4.45. The maximum Gasteiger partial charge on any atom is 0.152 e. The third kappa shape index (κ3) is 5.79. The van der Waals surface area contributed by atoms with Crippen molar-refractivity contribution in [1.29, 1.82) is 0 Å². The molecule has 2 rings (SSSR count). The van der Waals surface area contributed by atoms with E-state index in [1.807, 2.05) is 82.5 Å². The lowest BCUT2D eigenvalue weighted by Crippen LogP contribution is -1.95. The van der Waals surface area contributed by atoms with Crippen LogP contribution in [0.4, 0.5) is 0 Å². The Morgan fingerprint density at radius 2 is 1.62 bits per heavy atom. The Kier molecular flexibility index (Phi) is 10.5. The minimum atomic E-state index is 0.770. The first-order chi connectivity index (χ1) is 10.3. The number of nitrogens with two attached hydrogens (primary N) is 1. The van der Waals surface area contributed by atoms with Crippen molar-refractivity contribution >= 4 is 6.21 Å². The lowest BCUT2D eigenvalue weighted by molar-refractivity contribution is 0.440. The number of allylic oxidation sites excluding steroid dienone is 4. The Morgan fingerprint density at radius 1 is 1.00 bits per heavy atom. The molecule has 0 saturated heterocycles. The molecular formula is C18H26N2O. The van der Waals surface area contributed by atoms with Crippen molar-refractivity contribution in [3.05, 3.63) is 65.6 Å². The molecular weight excluding hydrogens is 260 g/mol. The van der Waals surface area contributed by atoms with E-state index in [4.69, 9.17) is 4.74 Å². The van der Waals surface area contributed by atoms with E-state index >= 15 is 0 Å². The Balaban J connectivity index is 0.000000921. The highest BCUT2D eigenvalue weighted by Gasteiger charge is 2.10. The zero-order chi connectivity index (χ0) is 16.1. The van der Waals surface area contributed by atoms with E-state index in [9.17, 15) is 0 Å². The van der Waals surface area contributed by atoms with Crippen molar-refractivity contribution < 1.29 is 4.74 Å². The second-order valence-electron chi connectivity index (χ2n) is 3.65. The van der Waals surface area contributed by atoms with Gasteiger partial charge in [-0.25, -0.2) is 0 Å². The first-order valence-corrected chi connectivity index (χ1v) is 7.23. The summed E-state index contributed by atoms with van der Waals surface area (Å²) in [6.45, 7) is 7.93. The van der Waals surface area contributed by atoms with Crippen LogP contribution in [0, 0.1) is 0 Å². The lowest BCUT2D eigenvalue weighted by atomic mass is 10.2. The summed E-state index contributed by atoms with van der Waals surface area (Å²) >= 11 is 0. The lowest BCUT2D eigenvalue weighted by Gasteiger charge is -2.07. The van der Waals surface area contributed by atoms with Gasteiger partial charge in [-0.2, -0.15) is 0 Å². The molecule has 0 aromatic heterocycles. The zero-order valence-corrected chi connectivity index (χ0v) is 13.6. The predicted molar refractivity (Wildman–Crippen MR) is 92.8 cm³/mol. The normalized spacial score (nSPS) is 12.9. The number of benzene rings is 1. The van der Waals surface area contributed by atoms with Gasteiger partial charge in [0.15, 0.2) is 5.76 Å². The molecule has 114 valence electrons. The van der Waals surface area contributed by atoms with Gasteiger partial charge >= 0.3 is 0 Å². The fourth-order valence-electron chi connectivity index (χ4n) is 1.61. The number of ether oxygens (including phenoxy) is 1. The van der Waals surface area contributed by atoms with Crippen molar-refractivity contribution in [3.63, 3.8) is 0 Å². The van der Waals surface area contributed by atoms with Crippen molar-refractivity contribution in [3.8, 4) is 5.75 Å². The number of aliphatic imine (C=N–C) groups is 1. The summed E-state index contributed by atoms with van der Waals surface area (Å²) in [5.41, 5.74) is 6.33. The van der Waals surface area contributed by atoms with E-state index in [-0.39, 0.29) is 0 Å². The van der Waals surface area contributed by atoms with Crippen LogP contribution in [-0.2, 0) is 0 Å². The molecule has 0 unspecified atom stereocenters. The number of hydrogen-bond donors (Lipinski definition) is 1. The van der Waals surface area contributed by atoms with Crippen molar-refractivity contribution in [2.24, 2.45) is 10.7 Å². The number of para-hydroxylation sites is 1. The van der Waals surface area contributed by atoms with Gasteiger partial charge in [-0.1, -0.05) is 38.1 Å². The molecule has 1 aliphatic rings. The van der Waals surface area contributed by atoms with E-state index < -0.39 is 0 Å². The molecule has 1 aromatic rings. The largest absolute Gasteiger partial charge is 0.454 e. The van der Waals surface area contributed by atoms with Gasteiger partial charge in [-0.3, -0.25) is 4.99 Å². The molecule has 0 saturated carbocycles. The Morgan fingerprint density at radius 3 is 2.24 bits per heavy atom. The molecule has 3 heteroatoms. The van der Waals surface area contributed by atoms with Crippen LogP contribution in [0.25, 0.3) is 0 Å². The molecule has 1 aliphatic heterocycles. The minimum Gasteiger partial charge on any atom is -0.454 e. The van der Waals surface area contributed by atoms with Crippen LogP contribution >= 0.6 is 0 Å². The van der Waals surface area contributed by atoms with Gasteiger partial charge in [0.05, 0.1) is 0 Å². The van der Waals surface area contributed by atoms with Crippen molar-refractivity contribution in [1.82, 2.24) is 0 Å². The van der Waals surface area contributed by atoms with Crippen LogP contribution in [0.1, 0.15) is 33.3 Å². The van der Waals surface area contributed by atoms with Gasteiger partial charge in [0.25, 0.3) is 0 Å². The highest BCUT2D eigenvalue weighted by Crippen LogP contribution is 2.24. The minimum absolute atomic E-state index is 0.770. The first kappa shape index (κ1) is 18.9. The summed E-state index contributed by atoms with van der Waals surface area (Å²) < 4.78 is 5.88. The highest BCUT2D eigenvalue weighted by atomic mass is 16.5. The van der Waals surface area contributed by atoms with E-state index in [2.05, 4.69) is 10.7 Å². The molecule has 1 heterocycles. The summed E-state index contributed by atoms with van der Waals surface area (Å²) in [6.07, 6.45) is 9.60. The fraction of sp³-hybridized carbons (Fsp3) is 0.278. The third-order valence-electron chi connectivity index (χ3n) is 2.38. The second-order valence-corrected chi connectivity index (χ2v) is 3.65. The fourth-order valence-corrected chi connectivity index (χ4v) is 1.61. The zero-order valence-electron chi connectivity index (χ0n) is 13.6. The Hall–Kier alpha value is -2.13.